The molecule has 0 unspecified atom stereocenters. The molecule has 0 aliphatic rings. The number of unbranched alkanes of at least 4 members (excludes halogenated alkanes) is 2. The van der Waals surface area contributed by atoms with Crippen LogP contribution in [0.25, 0.3) is 0 Å². The quantitative estimate of drug-likeness (QED) is 0.429. The van der Waals surface area contributed by atoms with Crippen LogP contribution < -0.4 is 5.73 Å². The lowest BCUT2D eigenvalue weighted by Gasteiger charge is -2.17. The Morgan fingerprint density at radius 2 is 1.75 bits per heavy atom. The first-order valence-corrected chi connectivity index (χ1v) is 7.42. The first-order valence-electron chi connectivity index (χ1n) is 7.42. The van der Waals surface area contributed by atoms with E-state index in [0.717, 1.165) is 38.9 Å². The lowest BCUT2D eigenvalue weighted by atomic mass is 10.2. The summed E-state index contributed by atoms with van der Waals surface area (Å²) in [4.78, 5) is 14.1. The van der Waals surface area contributed by atoms with E-state index >= 15 is 0 Å². The Morgan fingerprint density at radius 1 is 1.10 bits per heavy atom. The Bertz CT molecular complexity index is 386. The SMILES string of the molecule is CCN(CC)CCCCCOC(=O)c1ccc(N)cc1. The molecule has 0 saturated heterocycles. The van der Waals surface area contributed by atoms with Crippen molar-refractivity contribution in [3.8, 4) is 0 Å². The zero-order valence-corrected chi connectivity index (χ0v) is 12.6. The van der Waals surface area contributed by atoms with Crippen molar-refractivity contribution >= 4 is 11.7 Å². The number of hydrogen-bond acceptors (Lipinski definition) is 4. The third-order valence-electron chi connectivity index (χ3n) is 3.39. The number of esters is 1. The highest BCUT2D eigenvalue weighted by atomic mass is 16.5. The third-order valence-corrected chi connectivity index (χ3v) is 3.39. The first-order chi connectivity index (χ1) is 9.67. The number of nitrogen functional groups attached to an aromatic ring is 1. The summed E-state index contributed by atoms with van der Waals surface area (Å²) in [6.45, 7) is 8.17. The van der Waals surface area contributed by atoms with Crippen molar-refractivity contribution in [3.63, 3.8) is 0 Å². The maximum Gasteiger partial charge on any atom is 0.338 e. The fourth-order valence-corrected chi connectivity index (χ4v) is 2.02. The number of anilines is 1. The van der Waals surface area contributed by atoms with E-state index in [4.69, 9.17) is 10.5 Å². The zero-order chi connectivity index (χ0) is 14.8. The second kappa shape index (κ2) is 9.37. The Balaban J connectivity index is 2.12. The van der Waals surface area contributed by atoms with Crippen LogP contribution in [0.1, 0.15) is 43.5 Å². The smallest absolute Gasteiger partial charge is 0.338 e. The summed E-state index contributed by atoms with van der Waals surface area (Å²) >= 11 is 0. The van der Waals surface area contributed by atoms with Gasteiger partial charge in [0.2, 0.25) is 0 Å². The average Bonchev–Trinajstić information content (AvgIpc) is 2.47. The van der Waals surface area contributed by atoms with Gasteiger partial charge in [-0.25, -0.2) is 4.79 Å². The van der Waals surface area contributed by atoms with Gasteiger partial charge in [-0.1, -0.05) is 13.8 Å². The molecule has 1 rings (SSSR count). The topological polar surface area (TPSA) is 55.6 Å². The molecule has 0 amide bonds. The van der Waals surface area contributed by atoms with Crippen LogP contribution in [0.4, 0.5) is 5.69 Å². The van der Waals surface area contributed by atoms with Crippen molar-refractivity contribution in [2.24, 2.45) is 0 Å². The van der Waals surface area contributed by atoms with Crippen LogP contribution >= 0.6 is 0 Å². The molecular weight excluding hydrogens is 252 g/mol. The molecule has 20 heavy (non-hydrogen) atoms. The highest BCUT2D eigenvalue weighted by molar-refractivity contribution is 5.89. The van der Waals surface area contributed by atoms with E-state index in [2.05, 4.69) is 18.7 Å². The van der Waals surface area contributed by atoms with Crippen LogP contribution in [0.2, 0.25) is 0 Å². The Labute approximate surface area is 121 Å². The van der Waals surface area contributed by atoms with Crippen LogP contribution in [0.5, 0.6) is 0 Å². The van der Waals surface area contributed by atoms with Gasteiger partial charge in [0.25, 0.3) is 0 Å². The summed E-state index contributed by atoms with van der Waals surface area (Å²) in [7, 11) is 0. The van der Waals surface area contributed by atoms with Gasteiger partial charge in [0.05, 0.1) is 12.2 Å². The van der Waals surface area contributed by atoms with Crippen molar-refractivity contribution in [1.29, 1.82) is 0 Å². The molecule has 0 saturated carbocycles. The summed E-state index contributed by atoms with van der Waals surface area (Å²) < 4.78 is 5.23. The molecule has 2 N–H and O–H groups in total. The van der Waals surface area contributed by atoms with Gasteiger partial charge in [0.1, 0.15) is 0 Å². The predicted octanol–water partition coefficient (Wildman–Crippen LogP) is 2.94. The number of hydrogen-bond donors (Lipinski definition) is 1. The van der Waals surface area contributed by atoms with E-state index in [1.807, 2.05) is 0 Å². The highest BCUT2D eigenvalue weighted by Crippen LogP contribution is 2.07. The molecule has 0 aliphatic carbocycles. The van der Waals surface area contributed by atoms with E-state index in [1.54, 1.807) is 24.3 Å². The van der Waals surface area contributed by atoms with Crippen molar-refractivity contribution < 1.29 is 9.53 Å². The number of ether oxygens (including phenoxy) is 1. The van der Waals surface area contributed by atoms with Gasteiger partial charge < -0.3 is 15.4 Å². The molecule has 112 valence electrons. The van der Waals surface area contributed by atoms with Crippen LogP contribution in [0.15, 0.2) is 24.3 Å². The lowest BCUT2D eigenvalue weighted by Crippen LogP contribution is -2.23. The van der Waals surface area contributed by atoms with Crippen molar-refractivity contribution in [2.75, 3.05) is 32.0 Å². The minimum atomic E-state index is -0.270. The maximum absolute atomic E-state index is 11.7. The minimum absolute atomic E-state index is 0.270. The summed E-state index contributed by atoms with van der Waals surface area (Å²) in [6.07, 6.45) is 3.16. The van der Waals surface area contributed by atoms with Gasteiger partial charge in [-0.2, -0.15) is 0 Å². The van der Waals surface area contributed by atoms with Gasteiger partial charge >= 0.3 is 5.97 Å². The molecular formula is C16H26N2O2. The first kappa shape index (κ1) is 16.5. The van der Waals surface area contributed by atoms with Gasteiger partial charge in [0.15, 0.2) is 0 Å². The highest BCUT2D eigenvalue weighted by Gasteiger charge is 2.06. The molecule has 0 aliphatic heterocycles. The van der Waals surface area contributed by atoms with Crippen LogP contribution in [0, 0.1) is 0 Å². The maximum atomic E-state index is 11.7. The van der Waals surface area contributed by atoms with Crippen LogP contribution in [-0.4, -0.2) is 37.1 Å². The standard InChI is InChI=1S/C16H26N2O2/c1-3-18(4-2)12-6-5-7-13-20-16(19)14-8-10-15(17)11-9-14/h8-11H,3-7,12-13,17H2,1-2H3. The summed E-state index contributed by atoms with van der Waals surface area (Å²) in [6, 6.07) is 6.80. The summed E-state index contributed by atoms with van der Waals surface area (Å²) in [5.41, 5.74) is 6.78. The monoisotopic (exact) mass is 278 g/mol. The van der Waals surface area contributed by atoms with E-state index in [1.165, 1.54) is 0 Å². The van der Waals surface area contributed by atoms with Crippen molar-refractivity contribution in [3.05, 3.63) is 29.8 Å². The third kappa shape index (κ3) is 6.06. The molecule has 0 aromatic heterocycles. The normalized spacial score (nSPS) is 10.8. The van der Waals surface area contributed by atoms with E-state index in [9.17, 15) is 4.79 Å². The Morgan fingerprint density at radius 3 is 2.35 bits per heavy atom. The predicted molar refractivity (Wildman–Crippen MR) is 82.8 cm³/mol. The molecule has 1 aromatic rings. The summed E-state index contributed by atoms with van der Waals surface area (Å²) in [5, 5.41) is 0. The fourth-order valence-electron chi connectivity index (χ4n) is 2.02. The van der Waals surface area contributed by atoms with Gasteiger partial charge in [-0.05, 0) is 63.2 Å². The number of nitrogens with two attached hydrogens (primary N) is 1. The van der Waals surface area contributed by atoms with Gasteiger partial charge in [-0.3, -0.25) is 0 Å². The Kier molecular flexibility index (Phi) is 7.73. The minimum Gasteiger partial charge on any atom is -0.462 e. The van der Waals surface area contributed by atoms with E-state index in [-0.39, 0.29) is 5.97 Å². The molecule has 0 heterocycles. The molecule has 0 spiro atoms. The van der Waals surface area contributed by atoms with E-state index < -0.39 is 0 Å². The molecule has 4 heteroatoms. The van der Waals surface area contributed by atoms with Crippen LogP contribution in [-0.2, 0) is 4.74 Å². The zero-order valence-electron chi connectivity index (χ0n) is 12.6. The molecule has 0 atom stereocenters. The van der Waals surface area contributed by atoms with Crippen LogP contribution in [0.3, 0.4) is 0 Å². The number of rotatable bonds is 9. The van der Waals surface area contributed by atoms with E-state index in [0.29, 0.717) is 17.9 Å². The number of benzene rings is 1. The van der Waals surface area contributed by atoms with Crippen molar-refractivity contribution in [1.82, 2.24) is 4.90 Å². The molecule has 0 bridgehead atoms. The molecule has 4 nitrogen and oxygen atoms in total. The Hall–Kier alpha value is -1.55. The second-order valence-electron chi connectivity index (χ2n) is 4.85. The number of carbonyl (C=O) groups is 1. The van der Waals surface area contributed by atoms with Gasteiger partial charge in [0, 0.05) is 5.69 Å². The number of carbonyl (C=O) groups excluding carboxylic acids is 1. The molecule has 1 aromatic carbocycles. The average molecular weight is 278 g/mol. The second-order valence-corrected chi connectivity index (χ2v) is 4.85. The molecule has 0 fully saturated rings. The molecule has 0 radical (unpaired) electrons. The lowest BCUT2D eigenvalue weighted by molar-refractivity contribution is 0.0497. The fraction of sp³-hybridized carbons (Fsp3) is 0.562. The largest absolute Gasteiger partial charge is 0.462 e. The number of nitrogens with zero attached hydrogens (tertiary/aromatic N) is 1. The summed E-state index contributed by atoms with van der Waals surface area (Å²) in [5.74, 6) is -0.270. The van der Waals surface area contributed by atoms with Crippen molar-refractivity contribution in [2.45, 2.75) is 33.1 Å². The van der Waals surface area contributed by atoms with Gasteiger partial charge in [-0.15, -0.1) is 0 Å².